The van der Waals surface area contributed by atoms with Gasteiger partial charge >= 0.3 is 0 Å². The van der Waals surface area contributed by atoms with Crippen molar-refractivity contribution < 1.29 is 0 Å². The fourth-order valence-electron chi connectivity index (χ4n) is 6.38. The van der Waals surface area contributed by atoms with E-state index < -0.39 is 0 Å². The Kier molecular flexibility index (Phi) is 10.3. The summed E-state index contributed by atoms with van der Waals surface area (Å²) in [6.45, 7) is 7.81. The summed E-state index contributed by atoms with van der Waals surface area (Å²) in [7, 11) is 0. The first-order valence-electron chi connectivity index (χ1n) is 16.4. The van der Waals surface area contributed by atoms with Crippen molar-refractivity contribution in [1.82, 2.24) is 0 Å². The van der Waals surface area contributed by atoms with Crippen molar-refractivity contribution in [2.45, 2.75) is 19.3 Å². The third kappa shape index (κ3) is 7.24. The molecule has 228 valence electrons. The van der Waals surface area contributed by atoms with Crippen LogP contribution in [0.4, 0.5) is 0 Å². The maximum Gasteiger partial charge on any atom is -0.00264 e. The first-order valence-corrected chi connectivity index (χ1v) is 16.4. The van der Waals surface area contributed by atoms with E-state index in [0.717, 1.165) is 30.4 Å². The Morgan fingerprint density at radius 1 is 0.553 bits per heavy atom. The van der Waals surface area contributed by atoms with Crippen LogP contribution in [0.3, 0.4) is 0 Å². The fourth-order valence-corrected chi connectivity index (χ4v) is 6.38. The monoisotopic (exact) mass is 604 g/mol. The molecule has 47 heavy (non-hydrogen) atoms. The van der Waals surface area contributed by atoms with E-state index in [9.17, 15) is 0 Å². The lowest BCUT2D eigenvalue weighted by molar-refractivity contribution is 1.07. The van der Waals surface area contributed by atoms with Gasteiger partial charge in [-0.2, -0.15) is 0 Å². The molecule has 0 N–H and O–H groups in total. The normalized spacial score (nSPS) is 18.9. The molecular weight excluding hydrogens is 565 g/mol. The van der Waals surface area contributed by atoms with Gasteiger partial charge < -0.3 is 0 Å². The van der Waals surface area contributed by atoms with E-state index >= 15 is 0 Å². The largest absolute Gasteiger partial charge is 0.0991 e. The van der Waals surface area contributed by atoms with Gasteiger partial charge in [-0.15, -0.1) is 0 Å². The van der Waals surface area contributed by atoms with Crippen molar-refractivity contribution in [3.05, 3.63) is 212 Å². The van der Waals surface area contributed by atoms with E-state index in [-0.39, 0.29) is 0 Å². The van der Waals surface area contributed by atoms with Gasteiger partial charge in [0, 0.05) is 0 Å². The first-order chi connectivity index (χ1) is 23.3. The summed E-state index contributed by atoms with van der Waals surface area (Å²) in [4.78, 5) is 0. The number of hydrogen-bond donors (Lipinski definition) is 0. The zero-order valence-corrected chi connectivity index (χ0v) is 26.9. The van der Waals surface area contributed by atoms with E-state index in [0.29, 0.717) is 0 Å². The highest BCUT2D eigenvalue weighted by atomic mass is 14.2. The lowest BCUT2D eigenvalue weighted by Crippen LogP contribution is -1.94. The molecular formula is C47H40. The summed E-state index contributed by atoms with van der Waals surface area (Å²) in [6, 6.07) is 37.5. The van der Waals surface area contributed by atoms with Crippen LogP contribution in [0.25, 0.3) is 49.4 Å². The summed E-state index contributed by atoms with van der Waals surface area (Å²) in [6.07, 6.45) is 30.1. The molecule has 6 rings (SSSR count). The Morgan fingerprint density at radius 3 is 1.72 bits per heavy atom. The van der Waals surface area contributed by atoms with Crippen molar-refractivity contribution in [3.8, 4) is 22.3 Å². The van der Waals surface area contributed by atoms with Crippen LogP contribution < -0.4 is 0 Å². The van der Waals surface area contributed by atoms with Gasteiger partial charge in [0.25, 0.3) is 0 Å². The summed E-state index contributed by atoms with van der Waals surface area (Å²) < 4.78 is 0. The smallest absolute Gasteiger partial charge is 0.00264 e. The van der Waals surface area contributed by atoms with E-state index in [2.05, 4.69) is 171 Å². The first kappa shape index (κ1) is 31.3. The van der Waals surface area contributed by atoms with Gasteiger partial charge in [0.1, 0.15) is 0 Å². The summed E-state index contributed by atoms with van der Waals surface area (Å²) in [5.74, 6) is 0. The second kappa shape index (κ2) is 15.5. The van der Waals surface area contributed by atoms with Gasteiger partial charge in [0.15, 0.2) is 0 Å². The molecule has 0 nitrogen and oxygen atoms in total. The van der Waals surface area contributed by atoms with Crippen molar-refractivity contribution >= 4 is 27.1 Å². The third-order valence-electron chi connectivity index (χ3n) is 8.63. The van der Waals surface area contributed by atoms with E-state index in [1.165, 1.54) is 54.9 Å². The van der Waals surface area contributed by atoms with E-state index in [1.807, 2.05) is 18.2 Å². The topological polar surface area (TPSA) is 0 Å². The molecule has 1 aliphatic carbocycles. The molecule has 0 bridgehead atoms. The van der Waals surface area contributed by atoms with Crippen LogP contribution in [-0.4, -0.2) is 0 Å². The highest BCUT2D eigenvalue weighted by Gasteiger charge is 2.17. The second-order valence-electron chi connectivity index (χ2n) is 11.6. The quantitative estimate of drug-likeness (QED) is 0.134. The fraction of sp³-hybridized carbons (Fsp3) is 0.0638. The van der Waals surface area contributed by atoms with Crippen LogP contribution >= 0.6 is 0 Å². The number of fused-ring (bicyclic) bond motifs is 2. The van der Waals surface area contributed by atoms with Gasteiger partial charge in [-0.1, -0.05) is 195 Å². The maximum absolute atomic E-state index is 4.01. The summed E-state index contributed by atoms with van der Waals surface area (Å²) in [5, 5.41) is 5.17. The maximum atomic E-state index is 4.01. The number of rotatable bonds is 6. The summed E-state index contributed by atoms with van der Waals surface area (Å²) in [5.41, 5.74) is 9.88. The predicted octanol–water partition coefficient (Wildman–Crippen LogP) is 13.3. The lowest BCUT2D eigenvalue weighted by atomic mass is 9.84. The minimum atomic E-state index is 0.855. The molecule has 1 aliphatic rings. The van der Waals surface area contributed by atoms with Crippen LogP contribution in [0.5, 0.6) is 0 Å². The van der Waals surface area contributed by atoms with Crippen molar-refractivity contribution in [1.29, 1.82) is 0 Å². The van der Waals surface area contributed by atoms with Gasteiger partial charge in [-0.05, 0) is 85.3 Å². The summed E-state index contributed by atoms with van der Waals surface area (Å²) >= 11 is 0. The standard InChI is InChI=1S/C47H40/c1-3-5-21-36(4-2)37-22-11-6-8-13-26-40(27-14-9-7-12-23-37)46-42-28-17-19-30-44(42)47(45-31-20-18-29-43(45)46)41-34-32-39(33-35-41)38-24-15-10-16-25-38/h3-12,15-26,28-35H,1-2,13-14,27H2/b8-6+,9-7+,21-5-,22-11-,23-12+,37-36+,40-26-. The zero-order valence-electron chi connectivity index (χ0n) is 26.9. The SMILES string of the molecule is C=C\C=C/C(C=C)=C1\C=C/C=C/C/C=C(\c2c3ccccc3c(-c3ccc(-c4ccccc4)cc3)c3ccccc23)CC\C=C\C=C\1. The molecule has 5 aromatic rings. The molecule has 0 spiro atoms. The Bertz CT molecular complexity index is 2050. The molecule has 0 atom stereocenters. The molecule has 0 heterocycles. The van der Waals surface area contributed by atoms with Crippen molar-refractivity contribution in [2.75, 3.05) is 0 Å². The molecule has 0 aliphatic heterocycles. The van der Waals surface area contributed by atoms with Crippen LogP contribution in [0.1, 0.15) is 24.8 Å². The Morgan fingerprint density at radius 2 is 1.11 bits per heavy atom. The average molecular weight is 605 g/mol. The highest BCUT2D eigenvalue weighted by molar-refractivity contribution is 6.18. The van der Waals surface area contributed by atoms with Gasteiger partial charge in [-0.3, -0.25) is 0 Å². The average Bonchev–Trinajstić information content (AvgIpc) is 3.12. The number of hydrogen-bond acceptors (Lipinski definition) is 0. The Balaban J connectivity index is 1.43. The predicted molar refractivity (Wildman–Crippen MR) is 207 cm³/mol. The molecule has 5 aromatic carbocycles. The zero-order chi connectivity index (χ0) is 32.3. The third-order valence-corrected chi connectivity index (χ3v) is 8.63. The van der Waals surface area contributed by atoms with Gasteiger partial charge in [0.05, 0.1) is 0 Å². The van der Waals surface area contributed by atoms with Gasteiger partial charge in [0.2, 0.25) is 0 Å². The van der Waals surface area contributed by atoms with Crippen LogP contribution in [0.15, 0.2) is 206 Å². The number of allylic oxidation sites excluding steroid dienone is 16. The lowest BCUT2D eigenvalue weighted by Gasteiger charge is -2.19. The molecule has 0 fully saturated rings. The van der Waals surface area contributed by atoms with Crippen LogP contribution in [-0.2, 0) is 0 Å². The molecule has 0 unspecified atom stereocenters. The number of benzene rings is 5. The minimum absolute atomic E-state index is 0.855. The second-order valence-corrected chi connectivity index (χ2v) is 11.6. The highest BCUT2D eigenvalue weighted by Crippen LogP contribution is 2.43. The molecule has 0 radical (unpaired) electrons. The molecule has 0 saturated heterocycles. The molecule has 0 heteroatoms. The molecule has 0 amide bonds. The van der Waals surface area contributed by atoms with Gasteiger partial charge in [-0.25, -0.2) is 0 Å². The van der Waals surface area contributed by atoms with Crippen molar-refractivity contribution in [3.63, 3.8) is 0 Å². The van der Waals surface area contributed by atoms with Crippen molar-refractivity contribution in [2.24, 2.45) is 0 Å². The molecule has 0 saturated carbocycles. The van der Waals surface area contributed by atoms with E-state index in [4.69, 9.17) is 0 Å². The Hall–Kier alpha value is -5.72. The molecule has 0 aromatic heterocycles. The van der Waals surface area contributed by atoms with E-state index in [1.54, 1.807) is 6.08 Å². The minimum Gasteiger partial charge on any atom is -0.0991 e. The van der Waals surface area contributed by atoms with Crippen LogP contribution in [0, 0.1) is 0 Å². The van der Waals surface area contributed by atoms with Crippen LogP contribution in [0.2, 0.25) is 0 Å². The Labute approximate surface area is 279 Å².